The van der Waals surface area contributed by atoms with Crippen molar-refractivity contribution in [3.05, 3.63) is 35.4 Å². The van der Waals surface area contributed by atoms with Crippen LogP contribution in [0.3, 0.4) is 0 Å². The first kappa shape index (κ1) is 15.0. The molecule has 1 aliphatic carbocycles. The SMILES string of the molecule is N#Cc1ccc(C(=O)N[C@@H](C(N)=O)C2CCCCC2)cc1. The van der Waals surface area contributed by atoms with Gasteiger partial charge >= 0.3 is 0 Å². The predicted molar refractivity (Wildman–Crippen MR) is 78.2 cm³/mol. The van der Waals surface area contributed by atoms with Crippen molar-refractivity contribution in [3.63, 3.8) is 0 Å². The molecule has 5 heteroatoms. The van der Waals surface area contributed by atoms with Crippen molar-refractivity contribution in [3.8, 4) is 6.07 Å². The van der Waals surface area contributed by atoms with Crippen LogP contribution in [0, 0.1) is 17.2 Å². The van der Waals surface area contributed by atoms with Crippen LogP contribution in [0.4, 0.5) is 0 Å². The lowest BCUT2D eigenvalue weighted by atomic mass is 9.83. The first-order chi connectivity index (χ1) is 10.1. The zero-order chi connectivity index (χ0) is 15.2. The Hall–Kier alpha value is -2.35. The Morgan fingerprint density at radius 1 is 1.19 bits per heavy atom. The number of carbonyl (C=O) groups is 2. The minimum absolute atomic E-state index is 0.124. The molecule has 2 amide bonds. The van der Waals surface area contributed by atoms with Gasteiger partial charge < -0.3 is 11.1 Å². The van der Waals surface area contributed by atoms with E-state index in [-0.39, 0.29) is 11.8 Å². The second kappa shape index (κ2) is 6.89. The number of nitrogens with one attached hydrogen (secondary N) is 1. The van der Waals surface area contributed by atoms with E-state index in [1.165, 1.54) is 6.42 Å². The van der Waals surface area contributed by atoms with Gasteiger partial charge in [0, 0.05) is 5.56 Å². The van der Waals surface area contributed by atoms with Crippen molar-refractivity contribution in [2.45, 2.75) is 38.1 Å². The van der Waals surface area contributed by atoms with Crippen molar-refractivity contribution < 1.29 is 9.59 Å². The minimum atomic E-state index is -0.617. The number of amides is 2. The smallest absolute Gasteiger partial charge is 0.251 e. The number of rotatable bonds is 4. The van der Waals surface area contributed by atoms with Crippen molar-refractivity contribution in [1.29, 1.82) is 5.26 Å². The largest absolute Gasteiger partial charge is 0.368 e. The van der Waals surface area contributed by atoms with Crippen molar-refractivity contribution in [2.24, 2.45) is 11.7 Å². The topological polar surface area (TPSA) is 96.0 Å². The number of nitriles is 1. The van der Waals surface area contributed by atoms with Crippen molar-refractivity contribution in [1.82, 2.24) is 5.32 Å². The molecule has 5 nitrogen and oxygen atoms in total. The highest BCUT2D eigenvalue weighted by atomic mass is 16.2. The van der Waals surface area contributed by atoms with E-state index >= 15 is 0 Å². The third-order valence-electron chi connectivity index (χ3n) is 3.99. The molecular weight excluding hydrogens is 266 g/mol. The van der Waals surface area contributed by atoms with E-state index in [2.05, 4.69) is 5.32 Å². The summed E-state index contributed by atoms with van der Waals surface area (Å²) < 4.78 is 0. The highest BCUT2D eigenvalue weighted by Gasteiger charge is 2.29. The van der Waals surface area contributed by atoms with Crippen molar-refractivity contribution in [2.75, 3.05) is 0 Å². The predicted octanol–water partition coefficient (Wildman–Crippen LogP) is 1.72. The summed E-state index contributed by atoms with van der Waals surface area (Å²) in [6.07, 6.45) is 5.15. The molecule has 1 atom stereocenters. The van der Waals surface area contributed by atoms with Crippen LogP contribution in [-0.2, 0) is 4.79 Å². The number of benzene rings is 1. The molecule has 0 radical (unpaired) electrons. The molecule has 0 aliphatic heterocycles. The molecule has 1 aromatic carbocycles. The van der Waals surface area contributed by atoms with Gasteiger partial charge in [-0.15, -0.1) is 0 Å². The van der Waals surface area contributed by atoms with E-state index in [0.29, 0.717) is 11.1 Å². The van der Waals surface area contributed by atoms with Gasteiger partial charge in [-0.3, -0.25) is 9.59 Å². The molecule has 1 aliphatic rings. The van der Waals surface area contributed by atoms with Crippen LogP contribution < -0.4 is 11.1 Å². The summed E-state index contributed by atoms with van der Waals surface area (Å²) in [5.74, 6) is -0.684. The Labute approximate surface area is 124 Å². The number of nitrogens with zero attached hydrogens (tertiary/aromatic N) is 1. The fourth-order valence-corrected chi connectivity index (χ4v) is 2.81. The Balaban J connectivity index is 2.06. The van der Waals surface area contributed by atoms with E-state index in [0.717, 1.165) is 25.7 Å². The first-order valence-corrected chi connectivity index (χ1v) is 7.22. The summed E-state index contributed by atoms with van der Waals surface area (Å²) in [5.41, 5.74) is 6.36. The molecule has 1 aromatic rings. The van der Waals surface area contributed by atoms with Gasteiger partial charge in [0.1, 0.15) is 6.04 Å². The van der Waals surface area contributed by atoms with Gasteiger partial charge in [0.25, 0.3) is 5.91 Å². The maximum atomic E-state index is 12.2. The number of primary amides is 1. The molecule has 0 saturated heterocycles. The number of hydrogen-bond donors (Lipinski definition) is 2. The quantitative estimate of drug-likeness (QED) is 0.881. The van der Waals surface area contributed by atoms with E-state index in [1.54, 1.807) is 24.3 Å². The molecule has 21 heavy (non-hydrogen) atoms. The third kappa shape index (κ3) is 3.82. The Bertz CT molecular complexity index is 554. The second-order valence-corrected chi connectivity index (χ2v) is 5.44. The van der Waals surface area contributed by atoms with Crippen molar-refractivity contribution >= 4 is 11.8 Å². The van der Waals surface area contributed by atoms with Crippen LogP contribution in [0.1, 0.15) is 48.0 Å². The fourth-order valence-electron chi connectivity index (χ4n) is 2.81. The standard InChI is InChI=1S/C16H19N3O2/c17-10-11-6-8-13(9-7-11)16(21)19-14(15(18)20)12-4-2-1-3-5-12/h6-9,12,14H,1-5H2,(H2,18,20)(H,19,21)/t14-/m1/s1. The molecule has 3 N–H and O–H groups in total. The fraction of sp³-hybridized carbons (Fsp3) is 0.438. The number of carbonyl (C=O) groups excluding carboxylic acids is 2. The van der Waals surface area contributed by atoms with Gasteiger partial charge in [-0.1, -0.05) is 19.3 Å². The maximum Gasteiger partial charge on any atom is 0.251 e. The van der Waals surface area contributed by atoms with E-state index < -0.39 is 11.9 Å². The Kier molecular flexibility index (Phi) is 4.94. The monoisotopic (exact) mass is 285 g/mol. The molecule has 110 valence electrons. The van der Waals surface area contributed by atoms with Gasteiger partial charge in [-0.05, 0) is 43.0 Å². The summed E-state index contributed by atoms with van der Waals surface area (Å²) in [7, 11) is 0. The van der Waals surface area contributed by atoms with Gasteiger partial charge in [0.2, 0.25) is 5.91 Å². The van der Waals surface area contributed by atoms with Gasteiger partial charge in [-0.25, -0.2) is 0 Å². The normalized spacial score (nSPS) is 16.7. The van der Waals surface area contributed by atoms with E-state index in [9.17, 15) is 9.59 Å². The molecule has 1 fully saturated rings. The lowest BCUT2D eigenvalue weighted by Gasteiger charge is -2.28. The van der Waals surface area contributed by atoms with Gasteiger partial charge in [-0.2, -0.15) is 5.26 Å². The van der Waals surface area contributed by atoms with Crippen LogP contribution in [0.2, 0.25) is 0 Å². The maximum absolute atomic E-state index is 12.2. The van der Waals surface area contributed by atoms with Crippen LogP contribution in [0.15, 0.2) is 24.3 Å². The lowest BCUT2D eigenvalue weighted by molar-refractivity contribution is -0.121. The summed E-state index contributed by atoms with van der Waals surface area (Å²) in [6.45, 7) is 0. The molecule has 0 unspecified atom stereocenters. The summed E-state index contributed by atoms with van der Waals surface area (Å²) in [4.78, 5) is 23.8. The zero-order valence-electron chi connectivity index (χ0n) is 11.8. The van der Waals surface area contributed by atoms with E-state index in [4.69, 9.17) is 11.0 Å². The molecule has 0 spiro atoms. The molecule has 0 bridgehead atoms. The molecular formula is C16H19N3O2. The lowest BCUT2D eigenvalue weighted by Crippen LogP contribution is -2.49. The number of nitrogens with two attached hydrogens (primary N) is 1. The van der Waals surface area contributed by atoms with Crippen LogP contribution in [0.5, 0.6) is 0 Å². The van der Waals surface area contributed by atoms with Crippen LogP contribution in [-0.4, -0.2) is 17.9 Å². The van der Waals surface area contributed by atoms with Crippen LogP contribution in [0.25, 0.3) is 0 Å². The van der Waals surface area contributed by atoms with E-state index in [1.807, 2.05) is 6.07 Å². The number of hydrogen-bond acceptors (Lipinski definition) is 3. The molecule has 2 rings (SSSR count). The Morgan fingerprint density at radius 2 is 1.81 bits per heavy atom. The average molecular weight is 285 g/mol. The summed E-state index contributed by atoms with van der Waals surface area (Å²) >= 11 is 0. The molecule has 0 heterocycles. The minimum Gasteiger partial charge on any atom is -0.368 e. The highest BCUT2D eigenvalue weighted by Crippen LogP contribution is 2.26. The van der Waals surface area contributed by atoms with Crippen LogP contribution >= 0.6 is 0 Å². The van der Waals surface area contributed by atoms with Gasteiger partial charge in [0.15, 0.2) is 0 Å². The molecule has 0 aromatic heterocycles. The highest BCUT2D eigenvalue weighted by molar-refractivity contribution is 5.97. The average Bonchev–Trinajstić information content (AvgIpc) is 2.53. The first-order valence-electron chi connectivity index (χ1n) is 7.22. The van der Waals surface area contributed by atoms with Gasteiger partial charge in [0.05, 0.1) is 11.6 Å². The Morgan fingerprint density at radius 3 is 2.33 bits per heavy atom. The zero-order valence-corrected chi connectivity index (χ0v) is 11.8. The summed E-state index contributed by atoms with van der Waals surface area (Å²) in [6, 6.07) is 7.69. The molecule has 1 saturated carbocycles. The second-order valence-electron chi connectivity index (χ2n) is 5.44. The summed E-state index contributed by atoms with van der Waals surface area (Å²) in [5, 5.41) is 11.5. The third-order valence-corrected chi connectivity index (χ3v) is 3.99.